The maximum absolute atomic E-state index is 2.93. The van der Waals surface area contributed by atoms with Crippen molar-refractivity contribution in [2.75, 3.05) is 0 Å². The molecule has 0 rings (SSSR count). The summed E-state index contributed by atoms with van der Waals surface area (Å²) in [6.45, 7) is 4.54. The first-order chi connectivity index (χ1) is 3.98. The van der Waals surface area contributed by atoms with Crippen LogP contribution in [0.4, 0.5) is 0 Å². The summed E-state index contributed by atoms with van der Waals surface area (Å²) in [5.74, 6) is 0. The van der Waals surface area contributed by atoms with Crippen molar-refractivity contribution in [3.63, 3.8) is 0 Å². The molecule has 9 heavy (non-hydrogen) atoms. The van der Waals surface area contributed by atoms with Gasteiger partial charge in [0.2, 0.25) is 0 Å². The molecule has 0 aromatic carbocycles. The molecule has 7 atom stereocenters. The number of hydrogen-bond acceptors (Lipinski definition) is 0. The van der Waals surface area contributed by atoms with Gasteiger partial charge >= 0.3 is 0 Å². The Labute approximate surface area is 68.5 Å². The second-order valence-electron chi connectivity index (χ2n) is 2.28. The van der Waals surface area contributed by atoms with Crippen molar-refractivity contribution < 1.29 is 0 Å². The van der Waals surface area contributed by atoms with Crippen LogP contribution in [0.5, 0.6) is 0 Å². The molecule has 56 valence electrons. The van der Waals surface area contributed by atoms with E-state index < -0.39 is 0 Å². The van der Waals surface area contributed by atoms with E-state index in [0.29, 0.717) is 4.64 Å². The molecule has 0 amide bonds. The molecule has 0 heterocycles. The third-order valence-electron chi connectivity index (χ3n) is 0.827. The molecule has 0 spiro atoms. The molecule has 0 radical (unpaired) electrons. The van der Waals surface area contributed by atoms with E-state index in [1.165, 1.54) is 0 Å². The average Bonchev–Trinajstić information content (AvgIpc) is 1.63. The highest BCUT2D eigenvalue weighted by molar-refractivity contribution is 8.09. The average molecular weight is 218 g/mol. The van der Waals surface area contributed by atoms with Gasteiger partial charge in [0.25, 0.3) is 0 Å². The fraction of sp³-hybridized carbons (Fsp3) is 1.00. The Morgan fingerprint density at radius 3 is 2.11 bits per heavy atom. The van der Waals surface area contributed by atoms with Gasteiger partial charge in [-0.15, -0.1) is 36.0 Å². The normalized spacial score (nSPS) is 23.7. The van der Waals surface area contributed by atoms with Gasteiger partial charge in [-0.25, -0.2) is 0 Å². The van der Waals surface area contributed by atoms with Gasteiger partial charge in [-0.05, 0) is 12.3 Å². The van der Waals surface area contributed by atoms with Crippen molar-refractivity contribution in [2.45, 2.75) is 23.9 Å². The van der Waals surface area contributed by atoms with Crippen molar-refractivity contribution in [3.8, 4) is 0 Å². The van der Waals surface area contributed by atoms with Crippen LogP contribution in [0.2, 0.25) is 0 Å². The highest BCUT2D eigenvalue weighted by atomic mass is 32.0. The Hall–Kier alpha value is 2.15. The van der Waals surface area contributed by atoms with Crippen LogP contribution in [-0.2, 0) is 0 Å². The molecule has 5 heteroatoms. The molecular formula is C4H15P5. The monoisotopic (exact) mass is 218 g/mol. The minimum Gasteiger partial charge on any atom is -0.130 e. The second-order valence-corrected chi connectivity index (χ2v) is 11.2. The van der Waals surface area contributed by atoms with Gasteiger partial charge in [-0.2, -0.15) is 0 Å². The fourth-order valence-corrected chi connectivity index (χ4v) is 6.13. The highest BCUT2D eigenvalue weighted by Crippen LogP contribution is 2.57. The minimum absolute atomic E-state index is 0.478. The van der Waals surface area contributed by atoms with Crippen LogP contribution in [0.1, 0.15) is 13.8 Å². The highest BCUT2D eigenvalue weighted by Gasteiger charge is 2.16. The summed E-state index contributed by atoms with van der Waals surface area (Å²) >= 11 is 0. The topological polar surface area (TPSA) is 0 Å². The van der Waals surface area contributed by atoms with Crippen molar-refractivity contribution >= 4 is 44.3 Å². The molecule has 0 aliphatic rings. The summed E-state index contributed by atoms with van der Waals surface area (Å²) in [6.07, 6.45) is 0. The van der Waals surface area contributed by atoms with E-state index in [1.807, 2.05) is 0 Å². The molecule has 0 aliphatic carbocycles. The van der Waals surface area contributed by atoms with E-state index in [2.05, 4.69) is 41.3 Å². The Bertz CT molecular complexity index is 79.0. The van der Waals surface area contributed by atoms with Gasteiger partial charge in [0.05, 0.1) is 0 Å². The van der Waals surface area contributed by atoms with Crippen LogP contribution in [0.15, 0.2) is 0 Å². The van der Waals surface area contributed by atoms with Crippen LogP contribution >= 0.6 is 44.3 Å². The lowest BCUT2D eigenvalue weighted by Crippen LogP contribution is -1.98. The zero-order valence-electron chi connectivity index (χ0n) is 5.81. The summed E-state index contributed by atoms with van der Waals surface area (Å²) < 4.78 is 0.478. The molecule has 0 saturated heterocycles. The van der Waals surface area contributed by atoms with Crippen LogP contribution in [0.25, 0.3) is 0 Å². The molecule has 7 unspecified atom stereocenters. The van der Waals surface area contributed by atoms with Gasteiger partial charge in [0.1, 0.15) is 0 Å². The predicted molar refractivity (Wildman–Crippen MR) is 63.6 cm³/mol. The summed E-state index contributed by atoms with van der Waals surface area (Å²) in [7, 11) is 10.6. The van der Waals surface area contributed by atoms with Gasteiger partial charge < -0.3 is 0 Å². The smallest absolute Gasteiger partial charge is 0.0201 e. The Morgan fingerprint density at radius 1 is 1.56 bits per heavy atom. The largest absolute Gasteiger partial charge is 0.130 e. The minimum atomic E-state index is 0.478. The van der Waals surface area contributed by atoms with Crippen molar-refractivity contribution in [1.29, 1.82) is 0 Å². The van der Waals surface area contributed by atoms with Gasteiger partial charge in [-0.1, -0.05) is 15.2 Å². The molecule has 0 N–H and O–H groups in total. The Kier molecular flexibility index (Phi) is 6.09. The molecule has 0 bridgehead atoms. The van der Waals surface area contributed by atoms with Crippen LogP contribution in [0.3, 0.4) is 0 Å². The van der Waals surface area contributed by atoms with Crippen LogP contribution in [-0.4, -0.2) is 10.0 Å². The van der Waals surface area contributed by atoms with E-state index in [0.717, 1.165) is 22.3 Å². The zero-order valence-corrected chi connectivity index (χ0v) is 11.3. The summed E-state index contributed by atoms with van der Waals surface area (Å²) in [5.41, 5.74) is 0. The van der Waals surface area contributed by atoms with E-state index in [9.17, 15) is 0 Å². The Balaban J connectivity index is 3.58. The lowest BCUT2D eigenvalue weighted by molar-refractivity contribution is 1.27. The third-order valence-corrected chi connectivity index (χ3v) is 8.51. The molecule has 0 aliphatic heterocycles. The van der Waals surface area contributed by atoms with E-state index >= 15 is 0 Å². The fourth-order valence-electron chi connectivity index (χ4n) is 0.515. The third kappa shape index (κ3) is 6.54. The second kappa shape index (κ2) is 4.91. The van der Waals surface area contributed by atoms with Gasteiger partial charge in [-0.3, -0.25) is 0 Å². The van der Waals surface area contributed by atoms with Crippen LogP contribution in [0, 0.1) is 0 Å². The molecule has 0 nitrogen and oxygen atoms in total. The van der Waals surface area contributed by atoms with E-state index in [1.54, 1.807) is 0 Å². The first-order valence-electron chi connectivity index (χ1n) is 2.78. The number of rotatable bonds is 3. The molecular weight excluding hydrogens is 203 g/mol. The summed E-state index contributed by atoms with van der Waals surface area (Å²) in [4.78, 5) is 0. The first-order valence-corrected chi connectivity index (χ1v) is 7.91. The van der Waals surface area contributed by atoms with Crippen molar-refractivity contribution in [3.05, 3.63) is 0 Å². The van der Waals surface area contributed by atoms with Crippen molar-refractivity contribution in [2.24, 2.45) is 0 Å². The quantitative estimate of drug-likeness (QED) is 0.639. The summed E-state index contributed by atoms with van der Waals surface area (Å²) in [6, 6.07) is 0. The van der Waals surface area contributed by atoms with Gasteiger partial charge in [0.15, 0.2) is 0 Å². The lowest BCUT2D eigenvalue weighted by Gasteiger charge is -2.24. The molecule has 0 saturated carbocycles. The maximum atomic E-state index is 2.93. The standard InChI is InChI=1S/C4H15P5/c1-3(5)8-4(2,6)9-7/h3,8-9H,5-7H2,1-2H3. The lowest BCUT2D eigenvalue weighted by atomic mass is 10.9. The first kappa shape index (κ1) is 11.2. The van der Waals surface area contributed by atoms with Gasteiger partial charge in [0, 0.05) is 4.64 Å². The zero-order chi connectivity index (χ0) is 7.49. The maximum Gasteiger partial charge on any atom is 0.0201 e. The molecule has 0 aromatic rings. The molecule has 0 fully saturated rings. The van der Waals surface area contributed by atoms with Crippen molar-refractivity contribution in [1.82, 2.24) is 0 Å². The predicted octanol–water partition coefficient (Wildman–Crippen LogP) is 2.90. The molecule has 0 aromatic heterocycles. The number of hydrogen-bond donors (Lipinski definition) is 0. The SMILES string of the molecule is CC(P)PC(C)(P)PP. The Morgan fingerprint density at radius 2 is 2.00 bits per heavy atom. The van der Waals surface area contributed by atoms with Crippen LogP contribution < -0.4 is 0 Å². The van der Waals surface area contributed by atoms with E-state index in [-0.39, 0.29) is 0 Å². The summed E-state index contributed by atoms with van der Waals surface area (Å²) in [5, 5.41) is 0.764. The van der Waals surface area contributed by atoms with E-state index in [4.69, 9.17) is 0 Å².